The van der Waals surface area contributed by atoms with Crippen molar-refractivity contribution in [1.29, 1.82) is 0 Å². The fourth-order valence-electron chi connectivity index (χ4n) is 2.30. The number of fused-ring (bicyclic) bond motifs is 1. The van der Waals surface area contributed by atoms with Crippen LogP contribution in [0, 0.1) is 12.8 Å². The van der Waals surface area contributed by atoms with E-state index in [-0.39, 0.29) is 5.91 Å². The lowest BCUT2D eigenvalue weighted by molar-refractivity contribution is 0.0945. The molecule has 2 rings (SSSR count). The molecular formula is C16H23N3O. The van der Waals surface area contributed by atoms with Gasteiger partial charge in [0.1, 0.15) is 11.3 Å². The molecule has 2 heterocycles. The predicted octanol–water partition coefficient (Wildman–Crippen LogP) is 2.98. The molecule has 0 spiro atoms. The van der Waals surface area contributed by atoms with E-state index in [0.29, 0.717) is 18.2 Å². The summed E-state index contributed by atoms with van der Waals surface area (Å²) >= 11 is 0. The molecule has 0 unspecified atom stereocenters. The fourth-order valence-corrected chi connectivity index (χ4v) is 2.30. The first-order valence-corrected chi connectivity index (χ1v) is 7.29. The van der Waals surface area contributed by atoms with Gasteiger partial charge in [-0.25, -0.2) is 4.98 Å². The third-order valence-corrected chi connectivity index (χ3v) is 3.47. The molecule has 0 radical (unpaired) electrons. The predicted molar refractivity (Wildman–Crippen MR) is 81.1 cm³/mol. The highest BCUT2D eigenvalue weighted by atomic mass is 16.1. The van der Waals surface area contributed by atoms with Crippen LogP contribution in [0.4, 0.5) is 0 Å². The van der Waals surface area contributed by atoms with Crippen molar-refractivity contribution in [1.82, 2.24) is 14.7 Å². The summed E-state index contributed by atoms with van der Waals surface area (Å²) in [6.07, 6.45) is 3.66. The number of carbonyl (C=O) groups excluding carboxylic acids is 1. The van der Waals surface area contributed by atoms with Gasteiger partial charge < -0.3 is 5.32 Å². The van der Waals surface area contributed by atoms with E-state index < -0.39 is 0 Å². The minimum absolute atomic E-state index is 0.0272. The van der Waals surface area contributed by atoms with E-state index in [4.69, 9.17) is 0 Å². The number of amides is 1. The van der Waals surface area contributed by atoms with Crippen LogP contribution in [0.2, 0.25) is 0 Å². The van der Waals surface area contributed by atoms with Crippen molar-refractivity contribution in [3.05, 3.63) is 35.3 Å². The monoisotopic (exact) mass is 273 g/mol. The molecule has 2 aromatic heterocycles. The van der Waals surface area contributed by atoms with Crippen molar-refractivity contribution >= 4 is 11.6 Å². The Morgan fingerprint density at radius 3 is 2.85 bits per heavy atom. The highest BCUT2D eigenvalue weighted by Crippen LogP contribution is 2.16. The van der Waals surface area contributed by atoms with Gasteiger partial charge >= 0.3 is 0 Å². The van der Waals surface area contributed by atoms with Crippen LogP contribution in [-0.2, 0) is 6.42 Å². The summed E-state index contributed by atoms with van der Waals surface area (Å²) in [6.45, 7) is 9.06. The molecule has 1 N–H and O–H groups in total. The zero-order chi connectivity index (χ0) is 14.7. The number of imidazole rings is 1. The van der Waals surface area contributed by atoms with E-state index in [2.05, 4.69) is 24.1 Å². The Labute approximate surface area is 120 Å². The molecule has 108 valence electrons. The summed E-state index contributed by atoms with van der Waals surface area (Å²) in [5.41, 5.74) is 3.50. The largest absolute Gasteiger partial charge is 0.351 e. The molecule has 0 bridgehead atoms. The Hall–Kier alpha value is -1.84. The number of aryl methyl sites for hydroxylation is 2. The van der Waals surface area contributed by atoms with Crippen LogP contribution in [0.3, 0.4) is 0 Å². The Balaban J connectivity index is 2.32. The van der Waals surface area contributed by atoms with Crippen LogP contribution in [0.15, 0.2) is 18.3 Å². The number of carbonyl (C=O) groups is 1. The lowest BCUT2D eigenvalue weighted by Crippen LogP contribution is -2.27. The number of pyridine rings is 1. The number of rotatable bonds is 5. The highest BCUT2D eigenvalue weighted by Gasteiger charge is 2.18. The average Bonchev–Trinajstić information content (AvgIpc) is 2.78. The maximum absolute atomic E-state index is 12.4. The topological polar surface area (TPSA) is 46.4 Å². The van der Waals surface area contributed by atoms with Crippen LogP contribution < -0.4 is 5.32 Å². The second-order valence-corrected chi connectivity index (χ2v) is 5.58. The van der Waals surface area contributed by atoms with Gasteiger partial charge in [-0.05, 0) is 37.3 Å². The number of nitrogens with one attached hydrogen (secondary N) is 1. The second kappa shape index (κ2) is 6.07. The maximum Gasteiger partial charge on any atom is 0.270 e. The standard InChI is InChI=1S/C16H23N3O/c1-5-13-14(16(20)17-9-8-11(2)3)19-10-6-7-12(4)15(19)18-13/h6-7,10-11H,5,8-9H2,1-4H3,(H,17,20). The molecular weight excluding hydrogens is 250 g/mol. The Bertz CT molecular complexity index is 613. The molecule has 0 aliphatic carbocycles. The minimum atomic E-state index is -0.0272. The zero-order valence-corrected chi connectivity index (χ0v) is 12.7. The smallest absolute Gasteiger partial charge is 0.270 e. The first-order chi connectivity index (χ1) is 9.54. The van der Waals surface area contributed by atoms with Crippen LogP contribution in [0.5, 0.6) is 0 Å². The molecule has 2 aromatic rings. The van der Waals surface area contributed by atoms with Crippen molar-refractivity contribution in [3.63, 3.8) is 0 Å². The van der Waals surface area contributed by atoms with E-state index in [1.807, 2.05) is 36.6 Å². The minimum Gasteiger partial charge on any atom is -0.351 e. The van der Waals surface area contributed by atoms with Gasteiger partial charge in [-0.2, -0.15) is 0 Å². The summed E-state index contributed by atoms with van der Waals surface area (Å²) in [4.78, 5) is 17.0. The van der Waals surface area contributed by atoms with Gasteiger partial charge in [0.15, 0.2) is 0 Å². The molecule has 0 saturated carbocycles. The average molecular weight is 273 g/mol. The molecule has 0 fully saturated rings. The third-order valence-electron chi connectivity index (χ3n) is 3.47. The Morgan fingerprint density at radius 2 is 2.20 bits per heavy atom. The third kappa shape index (κ3) is 2.84. The molecule has 1 amide bonds. The van der Waals surface area contributed by atoms with Gasteiger partial charge in [-0.15, -0.1) is 0 Å². The number of hydrogen-bond acceptors (Lipinski definition) is 2. The first-order valence-electron chi connectivity index (χ1n) is 7.29. The van der Waals surface area contributed by atoms with Crippen LogP contribution >= 0.6 is 0 Å². The van der Waals surface area contributed by atoms with Gasteiger partial charge in [-0.1, -0.05) is 26.8 Å². The van der Waals surface area contributed by atoms with Crippen molar-refractivity contribution in [2.45, 2.75) is 40.5 Å². The van der Waals surface area contributed by atoms with E-state index in [1.54, 1.807) is 0 Å². The SMILES string of the molecule is CCc1nc2c(C)cccn2c1C(=O)NCCC(C)C. The second-order valence-electron chi connectivity index (χ2n) is 5.58. The molecule has 4 nitrogen and oxygen atoms in total. The van der Waals surface area contributed by atoms with Crippen LogP contribution in [0.1, 0.15) is 48.9 Å². The molecule has 0 atom stereocenters. The Kier molecular flexibility index (Phi) is 4.42. The summed E-state index contributed by atoms with van der Waals surface area (Å²) in [5, 5.41) is 3.00. The maximum atomic E-state index is 12.4. The van der Waals surface area contributed by atoms with Crippen molar-refractivity contribution in [2.75, 3.05) is 6.54 Å². The summed E-state index contributed by atoms with van der Waals surface area (Å²) in [5.74, 6) is 0.561. The van der Waals surface area contributed by atoms with E-state index >= 15 is 0 Å². The molecule has 0 aromatic carbocycles. The van der Waals surface area contributed by atoms with Crippen LogP contribution in [-0.4, -0.2) is 21.8 Å². The van der Waals surface area contributed by atoms with E-state index in [1.165, 1.54) is 0 Å². The zero-order valence-electron chi connectivity index (χ0n) is 12.7. The number of aromatic nitrogens is 2. The van der Waals surface area contributed by atoms with Crippen molar-refractivity contribution in [3.8, 4) is 0 Å². The van der Waals surface area contributed by atoms with Crippen LogP contribution in [0.25, 0.3) is 5.65 Å². The quantitative estimate of drug-likeness (QED) is 0.910. The summed E-state index contributed by atoms with van der Waals surface area (Å²) in [6, 6.07) is 3.97. The molecule has 0 aliphatic heterocycles. The lowest BCUT2D eigenvalue weighted by atomic mass is 10.1. The lowest BCUT2D eigenvalue weighted by Gasteiger charge is -2.08. The summed E-state index contributed by atoms with van der Waals surface area (Å²) in [7, 11) is 0. The van der Waals surface area contributed by atoms with E-state index in [0.717, 1.165) is 29.7 Å². The van der Waals surface area contributed by atoms with Crippen molar-refractivity contribution in [2.24, 2.45) is 5.92 Å². The number of nitrogens with zero attached hydrogens (tertiary/aromatic N) is 2. The highest BCUT2D eigenvalue weighted by molar-refractivity contribution is 5.94. The molecule has 4 heteroatoms. The van der Waals surface area contributed by atoms with Crippen molar-refractivity contribution < 1.29 is 4.79 Å². The van der Waals surface area contributed by atoms with Gasteiger partial charge in [-0.3, -0.25) is 9.20 Å². The van der Waals surface area contributed by atoms with Gasteiger partial charge in [0.25, 0.3) is 5.91 Å². The first kappa shape index (κ1) is 14.6. The van der Waals surface area contributed by atoms with Gasteiger partial charge in [0, 0.05) is 12.7 Å². The molecule has 0 aliphatic rings. The fraction of sp³-hybridized carbons (Fsp3) is 0.500. The summed E-state index contributed by atoms with van der Waals surface area (Å²) < 4.78 is 1.90. The normalized spacial score (nSPS) is 11.2. The molecule has 20 heavy (non-hydrogen) atoms. The van der Waals surface area contributed by atoms with Gasteiger partial charge in [0.2, 0.25) is 0 Å². The Morgan fingerprint density at radius 1 is 1.45 bits per heavy atom. The van der Waals surface area contributed by atoms with E-state index in [9.17, 15) is 4.79 Å². The number of hydrogen-bond donors (Lipinski definition) is 1. The molecule has 0 saturated heterocycles. The van der Waals surface area contributed by atoms with Gasteiger partial charge in [0.05, 0.1) is 5.69 Å².